The summed E-state index contributed by atoms with van der Waals surface area (Å²) in [5, 5.41) is 0. The van der Waals surface area contributed by atoms with Crippen LogP contribution in [0.15, 0.2) is 18.2 Å². The van der Waals surface area contributed by atoms with Crippen LogP contribution in [0.5, 0.6) is 5.75 Å². The Labute approximate surface area is 144 Å². The van der Waals surface area contributed by atoms with Crippen molar-refractivity contribution in [2.45, 2.75) is 66.2 Å². The normalized spacial score (nSPS) is 11.2. The van der Waals surface area contributed by atoms with Crippen molar-refractivity contribution < 1.29 is 19.1 Å². The van der Waals surface area contributed by atoms with Crippen LogP contribution >= 0.6 is 0 Å². The van der Waals surface area contributed by atoms with Crippen LogP contribution in [0.1, 0.15) is 82.1 Å². The zero-order valence-corrected chi connectivity index (χ0v) is 15.1. The smallest absolute Gasteiger partial charge is 0.316 e. The summed E-state index contributed by atoms with van der Waals surface area (Å²) in [6.45, 7) is 7.35. The summed E-state index contributed by atoms with van der Waals surface area (Å²) in [4.78, 5) is 35.3. The van der Waals surface area contributed by atoms with Crippen LogP contribution in [0.3, 0.4) is 0 Å². The molecule has 1 aromatic carbocycles. The number of hydrogen-bond acceptors (Lipinski definition) is 4. The van der Waals surface area contributed by atoms with Gasteiger partial charge in [0.15, 0.2) is 5.78 Å². The molecule has 0 N–H and O–H groups in total. The van der Waals surface area contributed by atoms with Gasteiger partial charge in [-0.2, -0.15) is 0 Å². The molecule has 0 fully saturated rings. The maximum atomic E-state index is 12.2. The van der Waals surface area contributed by atoms with Crippen molar-refractivity contribution in [3.8, 4) is 5.75 Å². The first-order valence-corrected chi connectivity index (χ1v) is 8.57. The van der Waals surface area contributed by atoms with Gasteiger partial charge in [-0.3, -0.25) is 14.4 Å². The molecule has 4 heteroatoms. The lowest BCUT2D eigenvalue weighted by atomic mass is 9.97. The Hall–Kier alpha value is -1.97. The summed E-state index contributed by atoms with van der Waals surface area (Å²) in [5.41, 5.74) is -0.114. The van der Waals surface area contributed by atoms with Crippen LogP contribution in [0.4, 0.5) is 0 Å². The molecule has 0 spiro atoms. The highest BCUT2D eigenvalue weighted by Gasteiger charge is 2.25. The van der Waals surface area contributed by atoms with Gasteiger partial charge in [-0.25, -0.2) is 0 Å². The van der Waals surface area contributed by atoms with Gasteiger partial charge >= 0.3 is 5.97 Å². The lowest BCUT2D eigenvalue weighted by Gasteiger charge is -2.17. The number of ether oxygens (including phenoxy) is 1. The molecular weight excluding hydrogens is 304 g/mol. The summed E-state index contributed by atoms with van der Waals surface area (Å²) < 4.78 is 5.25. The van der Waals surface area contributed by atoms with Crippen molar-refractivity contribution in [3.63, 3.8) is 0 Å². The number of carbonyl (C=O) groups excluding carboxylic acids is 3. The summed E-state index contributed by atoms with van der Waals surface area (Å²) in [6, 6.07) is 4.54. The van der Waals surface area contributed by atoms with E-state index in [0.29, 0.717) is 12.0 Å². The van der Waals surface area contributed by atoms with E-state index in [1.165, 1.54) is 25.0 Å². The van der Waals surface area contributed by atoms with Gasteiger partial charge in [0.05, 0.1) is 11.0 Å². The van der Waals surface area contributed by atoms with Crippen LogP contribution in [0, 0.1) is 5.41 Å². The van der Waals surface area contributed by atoms with Crippen LogP contribution in [-0.2, 0) is 9.59 Å². The number of ketones is 1. The van der Waals surface area contributed by atoms with E-state index in [-0.39, 0.29) is 17.1 Å². The van der Waals surface area contributed by atoms with Crippen molar-refractivity contribution >= 4 is 18.0 Å². The number of carbonyl (C=O) groups is 2. The summed E-state index contributed by atoms with van der Waals surface area (Å²) >= 11 is 0. The molecular formula is C20H27O4. The van der Waals surface area contributed by atoms with E-state index in [4.69, 9.17) is 4.74 Å². The van der Waals surface area contributed by atoms with Crippen molar-refractivity contribution in [1.29, 1.82) is 0 Å². The molecule has 131 valence electrons. The number of benzene rings is 1. The summed E-state index contributed by atoms with van der Waals surface area (Å²) in [6.07, 6.45) is 7.59. The lowest BCUT2D eigenvalue weighted by molar-refractivity contribution is -0.143. The predicted molar refractivity (Wildman–Crippen MR) is 94.0 cm³/mol. The fourth-order valence-electron chi connectivity index (χ4n) is 2.16. The van der Waals surface area contributed by atoms with Gasteiger partial charge in [-0.05, 0) is 45.4 Å². The van der Waals surface area contributed by atoms with Crippen LogP contribution in [0.2, 0.25) is 0 Å². The van der Waals surface area contributed by atoms with Crippen LogP contribution in [0.25, 0.3) is 0 Å². The molecule has 1 aromatic rings. The Kier molecular flexibility index (Phi) is 7.83. The van der Waals surface area contributed by atoms with Gasteiger partial charge in [0, 0.05) is 12.0 Å². The third-order valence-corrected chi connectivity index (χ3v) is 3.73. The van der Waals surface area contributed by atoms with Gasteiger partial charge in [-0.15, -0.1) is 0 Å². The average Bonchev–Trinajstić information content (AvgIpc) is 2.53. The molecule has 0 amide bonds. The molecule has 0 saturated heterocycles. The first-order chi connectivity index (χ1) is 11.3. The molecule has 0 atom stereocenters. The van der Waals surface area contributed by atoms with E-state index in [2.05, 4.69) is 6.92 Å². The third-order valence-electron chi connectivity index (χ3n) is 3.73. The molecule has 0 aliphatic rings. The maximum Gasteiger partial charge on any atom is 0.316 e. The maximum absolute atomic E-state index is 12.2. The Balaban J connectivity index is 2.74. The lowest BCUT2D eigenvalue weighted by Crippen LogP contribution is -2.26. The van der Waals surface area contributed by atoms with Gasteiger partial charge in [0.1, 0.15) is 5.75 Å². The SMILES string of the molecule is CCCCCCCC(=O)c1ccc(OC(=O)C(C)(C)C)c([C]=O)c1. The zero-order valence-electron chi connectivity index (χ0n) is 15.1. The molecule has 4 nitrogen and oxygen atoms in total. The van der Waals surface area contributed by atoms with E-state index in [0.717, 1.165) is 19.3 Å². The van der Waals surface area contributed by atoms with E-state index in [1.54, 1.807) is 33.1 Å². The number of rotatable bonds is 9. The molecule has 1 rings (SSSR count). The van der Waals surface area contributed by atoms with Gasteiger partial charge in [0.2, 0.25) is 6.29 Å². The van der Waals surface area contributed by atoms with Crippen molar-refractivity contribution in [2.24, 2.45) is 5.41 Å². The number of unbranched alkanes of at least 4 members (excludes halogenated alkanes) is 4. The molecule has 1 radical (unpaired) electrons. The second-order valence-electron chi connectivity index (χ2n) is 7.04. The topological polar surface area (TPSA) is 60.4 Å². The molecule has 0 bridgehead atoms. The first kappa shape index (κ1) is 20.1. The number of hydrogen-bond donors (Lipinski definition) is 0. The Morgan fingerprint density at radius 3 is 2.33 bits per heavy atom. The number of Topliss-reactive ketones (excluding diaryl/α,β-unsaturated/α-hetero) is 1. The van der Waals surface area contributed by atoms with Gasteiger partial charge in [-0.1, -0.05) is 32.6 Å². The molecule has 0 aliphatic carbocycles. The Bertz CT molecular complexity index is 582. The van der Waals surface area contributed by atoms with Crippen molar-refractivity contribution in [1.82, 2.24) is 0 Å². The minimum Gasteiger partial charge on any atom is -0.425 e. The molecule has 0 aromatic heterocycles. The van der Waals surface area contributed by atoms with E-state index in [9.17, 15) is 14.4 Å². The Morgan fingerprint density at radius 2 is 1.75 bits per heavy atom. The third kappa shape index (κ3) is 6.26. The molecule has 0 aliphatic heterocycles. The highest BCUT2D eigenvalue weighted by molar-refractivity contribution is 5.98. The minimum absolute atomic E-state index is 0.00306. The molecule has 24 heavy (non-hydrogen) atoms. The second-order valence-corrected chi connectivity index (χ2v) is 7.04. The van der Waals surface area contributed by atoms with Gasteiger partial charge in [0.25, 0.3) is 0 Å². The van der Waals surface area contributed by atoms with Gasteiger partial charge < -0.3 is 4.74 Å². The fraction of sp³-hybridized carbons (Fsp3) is 0.550. The largest absolute Gasteiger partial charge is 0.425 e. The summed E-state index contributed by atoms with van der Waals surface area (Å²) in [7, 11) is 0. The predicted octanol–water partition coefficient (Wildman–Crippen LogP) is 4.64. The second kappa shape index (κ2) is 9.36. The minimum atomic E-state index is -0.673. The van der Waals surface area contributed by atoms with Crippen molar-refractivity contribution in [3.05, 3.63) is 29.3 Å². The Morgan fingerprint density at radius 1 is 1.08 bits per heavy atom. The standard InChI is InChI=1S/C20H27O4/c1-5-6-7-8-9-10-17(22)15-11-12-18(16(13-15)14-21)24-19(23)20(2,3)4/h11-13H,5-10H2,1-4H3. The highest BCUT2D eigenvalue weighted by Crippen LogP contribution is 2.24. The van der Waals surface area contributed by atoms with E-state index >= 15 is 0 Å². The quantitative estimate of drug-likeness (QED) is 0.286. The fourth-order valence-corrected chi connectivity index (χ4v) is 2.16. The van der Waals surface area contributed by atoms with Crippen LogP contribution < -0.4 is 4.74 Å². The molecule has 0 unspecified atom stereocenters. The highest BCUT2D eigenvalue weighted by atomic mass is 16.5. The number of esters is 1. The average molecular weight is 331 g/mol. The van der Waals surface area contributed by atoms with E-state index < -0.39 is 11.4 Å². The monoisotopic (exact) mass is 331 g/mol. The molecule has 0 heterocycles. The molecule has 0 saturated carbocycles. The van der Waals surface area contributed by atoms with Crippen LogP contribution in [-0.4, -0.2) is 18.0 Å². The zero-order chi connectivity index (χ0) is 18.2. The first-order valence-electron chi connectivity index (χ1n) is 8.57. The van der Waals surface area contributed by atoms with Crippen molar-refractivity contribution in [2.75, 3.05) is 0 Å². The summed E-state index contributed by atoms with van der Waals surface area (Å²) in [5.74, 6) is -0.296. The van der Waals surface area contributed by atoms with E-state index in [1.807, 2.05) is 0 Å².